The molecule has 0 saturated carbocycles. The Kier molecular flexibility index (Phi) is 1.10. The number of nitrogens with zero attached hydrogens (tertiary/aromatic N) is 2. The van der Waals surface area contributed by atoms with Gasteiger partial charge >= 0.3 is 0 Å². The van der Waals surface area contributed by atoms with Crippen LogP contribution in [0.5, 0.6) is 0 Å². The number of aryl methyl sites for hydroxylation is 1. The van der Waals surface area contributed by atoms with Crippen molar-refractivity contribution in [2.75, 3.05) is 0 Å². The summed E-state index contributed by atoms with van der Waals surface area (Å²) < 4.78 is 7.59. The first-order chi connectivity index (χ1) is 6.36. The predicted molar refractivity (Wildman–Crippen MR) is 49.7 cm³/mol. The van der Waals surface area contributed by atoms with E-state index in [1.54, 1.807) is 6.33 Å². The highest BCUT2D eigenvalue weighted by atomic mass is 16.3. The van der Waals surface area contributed by atoms with Gasteiger partial charge in [0.1, 0.15) is 12.0 Å². The molecule has 3 aromatic rings. The molecule has 1 aromatic carbocycles. The van der Waals surface area contributed by atoms with Crippen molar-refractivity contribution in [2.45, 2.75) is 6.92 Å². The molecule has 64 valence electrons. The Morgan fingerprint density at radius 1 is 1.31 bits per heavy atom. The van der Waals surface area contributed by atoms with E-state index in [4.69, 9.17) is 4.42 Å². The summed E-state index contributed by atoms with van der Waals surface area (Å²) in [6.45, 7) is 1.94. The molecule has 3 nitrogen and oxygen atoms in total. The number of rotatable bonds is 0. The molecule has 0 aliphatic rings. The van der Waals surface area contributed by atoms with Crippen LogP contribution in [0.25, 0.3) is 16.8 Å². The maximum atomic E-state index is 5.62. The Labute approximate surface area is 74.6 Å². The van der Waals surface area contributed by atoms with Gasteiger partial charge in [-0.2, -0.15) is 0 Å². The number of fused-ring (bicyclic) bond motifs is 3. The summed E-state index contributed by atoms with van der Waals surface area (Å²) in [5, 5.41) is 0. The van der Waals surface area contributed by atoms with Crippen molar-refractivity contribution in [3.8, 4) is 0 Å². The fourth-order valence-corrected chi connectivity index (χ4v) is 1.57. The van der Waals surface area contributed by atoms with Crippen molar-refractivity contribution in [3.63, 3.8) is 0 Å². The van der Waals surface area contributed by atoms with Gasteiger partial charge in [-0.1, -0.05) is 12.1 Å². The van der Waals surface area contributed by atoms with E-state index in [1.807, 2.05) is 35.6 Å². The Bertz CT molecular complexity index is 577. The summed E-state index contributed by atoms with van der Waals surface area (Å²) in [4.78, 5) is 4.18. The van der Waals surface area contributed by atoms with E-state index in [9.17, 15) is 0 Å². The number of benzene rings is 1. The second-order valence-corrected chi connectivity index (χ2v) is 3.07. The first-order valence-electron chi connectivity index (χ1n) is 4.17. The molecule has 0 aliphatic carbocycles. The summed E-state index contributed by atoms with van der Waals surface area (Å²) in [6, 6.07) is 7.94. The summed E-state index contributed by atoms with van der Waals surface area (Å²) in [6.07, 6.45) is 1.79. The van der Waals surface area contributed by atoms with Gasteiger partial charge in [-0.15, -0.1) is 0 Å². The number of hydrogen-bond acceptors (Lipinski definition) is 2. The maximum absolute atomic E-state index is 5.62. The monoisotopic (exact) mass is 172 g/mol. The molecule has 0 N–H and O–H groups in total. The maximum Gasteiger partial charge on any atom is 0.227 e. The fourth-order valence-electron chi connectivity index (χ4n) is 1.57. The second kappa shape index (κ2) is 2.13. The lowest BCUT2D eigenvalue weighted by atomic mass is 10.3. The molecule has 2 aromatic heterocycles. The fraction of sp³-hybridized carbons (Fsp3) is 0.100. The van der Waals surface area contributed by atoms with Crippen LogP contribution in [-0.4, -0.2) is 9.38 Å². The first-order valence-corrected chi connectivity index (χ1v) is 4.17. The highest BCUT2D eigenvalue weighted by Gasteiger charge is 2.07. The third-order valence-electron chi connectivity index (χ3n) is 2.23. The molecule has 3 heteroatoms. The minimum absolute atomic E-state index is 0.834. The van der Waals surface area contributed by atoms with Crippen LogP contribution in [0.15, 0.2) is 35.0 Å². The Hall–Kier alpha value is -1.77. The molecule has 0 bridgehead atoms. The van der Waals surface area contributed by atoms with E-state index >= 15 is 0 Å². The molecule has 0 fully saturated rings. The summed E-state index contributed by atoms with van der Waals surface area (Å²) >= 11 is 0. The van der Waals surface area contributed by atoms with Crippen LogP contribution in [0.3, 0.4) is 0 Å². The normalized spacial score (nSPS) is 11.5. The lowest BCUT2D eigenvalue weighted by Crippen LogP contribution is -1.74. The van der Waals surface area contributed by atoms with Crippen LogP contribution >= 0.6 is 0 Å². The van der Waals surface area contributed by atoms with Crippen LogP contribution in [0.2, 0.25) is 0 Å². The van der Waals surface area contributed by atoms with Crippen LogP contribution in [-0.2, 0) is 0 Å². The Balaban J connectivity index is 2.64. The van der Waals surface area contributed by atoms with Gasteiger partial charge in [0.05, 0.1) is 5.52 Å². The summed E-state index contributed by atoms with van der Waals surface area (Å²) in [7, 11) is 0. The average Bonchev–Trinajstić information content (AvgIpc) is 2.67. The quantitative estimate of drug-likeness (QED) is 0.521. The zero-order chi connectivity index (χ0) is 8.84. The van der Waals surface area contributed by atoms with Crippen LogP contribution in [0.1, 0.15) is 5.69 Å². The van der Waals surface area contributed by atoms with Crippen molar-refractivity contribution in [3.05, 3.63) is 36.3 Å². The molecule has 0 atom stereocenters. The number of oxazole rings is 1. The third kappa shape index (κ3) is 0.758. The van der Waals surface area contributed by atoms with Crippen molar-refractivity contribution in [1.29, 1.82) is 0 Å². The third-order valence-corrected chi connectivity index (χ3v) is 2.23. The highest BCUT2D eigenvalue weighted by molar-refractivity contribution is 5.77. The second-order valence-electron chi connectivity index (χ2n) is 3.07. The van der Waals surface area contributed by atoms with Crippen molar-refractivity contribution < 1.29 is 4.42 Å². The highest BCUT2D eigenvalue weighted by Crippen LogP contribution is 2.21. The lowest BCUT2D eigenvalue weighted by molar-refractivity contribution is 0.652. The van der Waals surface area contributed by atoms with Crippen molar-refractivity contribution in [2.24, 2.45) is 0 Å². The SMILES string of the molecule is Cc1ncn2c1oc1ccccc12. The molecular weight excluding hydrogens is 164 g/mol. The van der Waals surface area contributed by atoms with Crippen LogP contribution < -0.4 is 0 Å². The number of para-hydroxylation sites is 2. The van der Waals surface area contributed by atoms with E-state index in [-0.39, 0.29) is 0 Å². The zero-order valence-corrected chi connectivity index (χ0v) is 7.19. The minimum atomic E-state index is 0.834. The van der Waals surface area contributed by atoms with Gasteiger partial charge in [0.15, 0.2) is 5.58 Å². The van der Waals surface area contributed by atoms with Gasteiger partial charge in [0.2, 0.25) is 5.71 Å². The van der Waals surface area contributed by atoms with Gasteiger partial charge in [0.25, 0.3) is 0 Å². The van der Waals surface area contributed by atoms with Crippen LogP contribution in [0, 0.1) is 6.92 Å². The van der Waals surface area contributed by atoms with Crippen molar-refractivity contribution >= 4 is 16.8 Å². The summed E-state index contributed by atoms with van der Waals surface area (Å²) in [5.41, 5.74) is 3.73. The number of imidazole rings is 1. The molecule has 0 unspecified atom stereocenters. The summed E-state index contributed by atoms with van der Waals surface area (Å²) in [5.74, 6) is 0. The van der Waals surface area contributed by atoms with Gasteiger partial charge < -0.3 is 4.42 Å². The first kappa shape index (κ1) is 6.71. The molecule has 3 rings (SSSR count). The Morgan fingerprint density at radius 2 is 2.15 bits per heavy atom. The molecule has 13 heavy (non-hydrogen) atoms. The van der Waals surface area contributed by atoms with Gasteiger partial charge in [-0.3, -0.25) is 4.40 Å². The molecule has 0 spiro atoms. The standard InChI is InChI=1S/C10H8N2O/c1-7-10-12(6-11-7)8-4-2-3-5-9(8)13-10/h2-6H,1H3. The number of aromatic nitrogens is 2. The molecule has 2 heterocycles. The molecule has 0 saturated heterocycles. The minimum Gasteiger partial charge on any atom is -0.436 e. The number of hydrogen-bond donors (Lipinski definition) is 0. The smallest absolute Gasteiger partial charge is 0.227 e. The average molecular weight is 172 g/mol. The molecule has 0 radical (unpaired) electrons. The van der Waals surface area contributed by atoms with Gasteiger partial charge in [-0.25, -0.2) is 4.98 Å². The molecule has 0 aliphatic heterocycles. The van der Waals surface area contributed by atoms with Gasteiger partial charge in [0, 0.05) is 0 Å². The van der Waals surface area contributed by atoms with E-state index in [2.05, 4.69) is 4.98 Å². The van der Waals surface area contributed by atoms with E-state index in [1.165, 1.54) is 0 Å². The zero-order valence-electron chi connectivity index (χ0n) is 7.19. The van der Waals surface area contributed by atoms with Gasteiger partial charge in [-0.05, 0) is 19.1 Å². The van der Waals surface area contributed by atoms with Crippen LogP contribution in [0.4, 0.5) is 0 Å². The van der Waals surface area contributed by atoms with E-state index in [0.717, 1.165) is 22.5 Å². The molecular formula is C10H8N2O. The predicted octanol–water partition coefficient (Wildman–Crippen LogP) is 2.39. The topological polar surface area (TPSA) is 30.4 Å². The largest absolute Gasteiger partial charge is 0.436 e. The van der Waals surface area contributed by atoms with E-state index < -0.39 is 0 Å². The lowest BCUT2D eigenvalue weighted by Gasteiger charge is -1.84. The Morgan fingerprint density at radius 3 is 3.08 bits per heavy atom. The van der Waals surface area contributed by atoms with Crippen molar-refractivity contribution in [1.82, 2.24) is 9.38 Å². The van der Waals surface area contributed by atoms with E-state index in [0.29, 0.717) is 0 Å². The molecule has 0 amide bonds.